The quantitative estimate of drug-likeness (QED) is 0.670. The molecule has 0 saturated heterocycles. The molecule has 0 bridgehead atoms. The Balaban J connectivity index is 1.87. The summed E-state index contributed by atoms with van der Waals surface area (Å²) in [6.45, 7) is 0. The van der Waals surface area contributed by atoms with Crippen molar-refractivity contribution in [2.75, 3.05) is 0 Å². The molecule has 4 rings (SSSR count). The Morgan fingerprint density at radius 1 is 0.944 bits per heavy atom. The molecule has 1 saturated carbocycles. The van der Waals surface area contributed by atoms with Crippen LogP contribution in [0.4, 0.5) is 0 Å². The second kappa shape index (κ2) is 3.61. The minimum absolute atomic E-state index is 0.563. The molecule has 0 amide bonds. The predicted octanol–water partition coefficient (Wildman–Crippen LogP) is 4.23. The van der Waals surface area contributed by atoms with Crippen LogP contribution in [0.5, 0.6) is 5.75 Å². The molecule has 0 atom stereocenters. The van der Waals surface area contributed by atoms with Crippen molar-refractivity contribution in [2.45, 2.75) is 31.6 Å². The first kappa shape index (κ1) is 10.2. The maximum atomic E-state index is 10.5. The largest absolute Gasteiger partial charge is 0.507 e. The van der Waals surface area contributed by atoms with Crippen LogP contribution < -0.4 is 0 Å². The molecule has 0 aromatic heterocycles. The average Bonchev–Trinajstić information content (AvgIpc) is 2.70. The fraction of sp³-hybridized carbons (Fsp3) is 0.294. The van der Waals surface area contributed by atoms with Gasteiger partial charge in [-0.05, 0) is 41.0 Å². The summed E-state index contributed by atoms with van der Waals surface area (Å²) >= 11 is 0. The molecule has 0 radical (unpaired) electrons. The maximum Gasteiger partial charge on any atom is 0.123 e. The Kier molecular flexibility index (Phi) is 2.05. The fourth-order valence-corrected chi connectivity index (χ4v) is 3.26. The molecule has 2 aromatic carbocycles. The van der Waals surface area contributed by atoms with E-state index in [1.165, 1.54) is 41.5 Å². The van der Waals surface area contributed by atoms with Gasteiger partial charge < -0.3 is 5.11 Å². The van der Waals surface area contributed by atoms with Gasteiger partial charge in [0.2, 0.25) is 0 Å². The molecule has 0 heterocycles. The maximum absolute atomic E-state index is 10.5. The summed E-state index contributed by atoms with van der Waals surface area (Å²) in [6.07, 6.45) is 4.66. The number of phenols is 1. The number of benzene rings is 2. The topological polar surface area (TPSA) is 20.2 Å². The van der Waals surface area contributed by atoms with Crippen LogP contribution in [0.2, 0.25) is 0 Å². The van der Waals surface area contributed by atoms with Crippen molar-refractivity contribution in [3.63, 3.8) is 0 Å². The van der Waals surface area contributed by atoms with Crippen LogP contribution in [-0.4, -0.2) is 5.11 Å². The van der Waals surface area contributed by atoms with Gasteiger partial charge >= 0.3 is 0 Å². The monoisotopic (exact) mass is 236 g/mol. The summed E-state index contributed by atoms with van der Waals surface area (Å²) in [5, 5.41) is 10.5. The Morgan fingerprint density at radius 2 is 1.78 bits per heavy atom. The van der Waals surface area contributed by atoms with Crippen LogP contribution >= 0.6 is 0 Å². The zero-order chi connectivity index (χ0) is 12.1. The summed E-state index contributed by atoms with van der Waals surface area (Å²) in [4.78, 5) is 0. The van der Waals surface area contributed by atoms with E-state index >= 15 is 0 Å². The number of aromatic hydroxyl groups is 1. The highest BCUT2D eigenvalue weighted by Crippen LogP contribution is 2.47. The van der Waals surface area contributed by atoms with Crippen molar-refractivity contribution in [1.29, 1.82) is 0 Å². The van der Waals surface area contributed by atoms with E-state index in [9.17, 15) is 5.11 Å². The molecule has 1 nitrogen and oxygen atoms in total. The van der Waals surface area contributed by atoms with Crippen molar-refractivity contribution in [2.24, 2.45) is 0 Å². The lowest BCUT2D eigenvalue weighted by Gasteiger charge is -2.27. The minimum Gasteiger partial charge on any atom is -0.507 e. The number of hydrogen-bond donors (Lipinski definition) is 1. The lowest BCUT2D eigenvalue weighted by atomic mass is 9.78. The van der Waals surface area contributed by atoms with E-state index in [4.69, 9.17) is 0 Å². The van der Waals surface area contributed by atoms with Gasteiger partial charge in [-0.25, -0.2) is 0 Å². The van der Waals surface area contributed by atoms with Gasteiger partial charge in [0.05, 0.1) is 0 Å². The molecule has 2 aliphatic carbocycles. The van der Waals surface area contributed by atoms with Gasteiger partial charge in [0, 0.05) is 12.0 Å². The van der Waals surface area contributed by atoms with Crippen molar-refractivity contribution in [1.82, 2.24) is 0 Å². The summed E-state index contributed by atoms with van der Waals surface area (Å²) < 4.78 is 0. The highest BCUT2D eigenvalue weighted by Gasteiger charge is 2.27. The molecule has 2 aromatic rings. The van der Waals surface area contributed by atoms with Crippen LogP contribution in [-0.2, 0) is 6.42 Å². The lowest BCUT2D eigenvalue weighted by molar-refractivity contribution is 0.391. The van der Waals surface area contributed by atoms with Crippen LogP contribution in [0.1, 0.15) is 41.9 Å². The normalized spacial score (nSPS) is 17.1. The third-order valence-electron chi connectivity index (χ3n) is 4.53. The van der Waals surface area contributed by atoms with Crippen molar-refractivity contribution >= 4 is 0 Å². The second-order valence-electron chi connectivity index (χ2n) is 5.49. The zero-order valence-corrected chi connectivity index (χ0v) is 10.3. The van der Waals surface area contributed by atoms with E-state index in [0.29, 0.717) is 11.7 Å². The van der Waals surface area contributed by atoms with Gasteiger partial charge in [-0.15, -0.1) is 0 Å². The average molecular weight is 236 g/mol. The number of phenolic OH excluding ortho intramolecular Hbond substituents is 1. The van der Waals surface area contributed by atoms with E-state index in [1.807, 2.05) is 0 Å². The van der Waals surface area contributed by atoms with E-state index < -0.39 is 0 Å². The molecular weight excluding hydrogens is 220 g/mol. The Bertz CT molecular complexity index is 624. The summed E-state index contributed by atoms with van der Waals surface area (Å²) in [7, 11) is 0. The van der Waals surface area contributed by atoms with Gasteiger partial charge in [-0.2, -0.15) is 0 Å². The molecular formula is C17H16O. The predicted molar refractivity (Wildman–Crippen MR) is 72.9 cm³/mol. The summed E-state index contributed by atoms with van der Waals surface area (Å²) in [5.41, 5.74) is 6.18. The molecule has 1 heteroatoms. The summed E-state index contributed by atoms with van der Waals surface area (Å²) in [6, 6.07) is 12.8. The summed E-state index contributed by atoms with van der Waals surface area (Å²) in [5.74, 6) is 1.16. The van der Waals surface area contributed by atoms with E-state index in [2.05, 4.69) is 36.4 Å². The third kappa shape index (κ3) is 1.28. The van der Waals surface area contributed by atoms with Gasteiger partial charge in [-0.3, -0.25) is 0 Å². The Morgan fingerprint density at radius 3 is 2.56 bits per heavy atom. The molecule has 0 unspecified atom stereocenters. The van der Waals surface area contributed by atoms with Crippen molar-refractivity contribution in [3.8, 4) is 16.9 Å². The van der Waals surface area contributed by atoms with E-state index in [0.717, 1.165) is 12.0 Å². The van der Waals surface area contributed by atoms with Gasteiger partial charge in [0.25, 0.3) is 0 Å². The van der Waals surface area contributed by atoms with Crippen molar-refractivity contribution in [3.05, 3.63) is 53.1 Å². The first-order valence-corrected chi connectivity index (χ1v) is 6.77. The first-order chi connectivity index (χ1) is 8.84. The molecule has 0 spiro atoms. The Hall–Kier alpha value is -1.76. The second-order valence-corrected chi connectivity index (χ2v) is 5.49. The Labute approximate surface area is 107 Å². The SMILES string of the molecule is Oc1c(C2CCC2)ccc2c1Cc1ccccc1-2. The third-order valence-corrected chi connectivity index (χ3v) is 4.53. The van der Waals surface area contributed by atoms with Crippen LogP contribution in [0.15, 0.2) is 36.4 Å². The van der Waals surface area contributed by atoms with Gasteiger partial charge in [0.15, 0.2) is 0 Å². The highest BCUT2D eigenvalue weighted by molar-refractivity contribution is 5.79. The number of hydrogen-bond acceptors (Lipinski definition) is 1. The van der Waals surface area contributed by atoms with Crippen LogP contribution in [0.3, 0.4) is 0 Å². The van der Waals surface area contributed by atoms with E-state index in [1.54, 1.807) is 0 Å². The number of fused-ring (bicyclic) bond motifs is 3. The van der Waals surface area contributed by atoms with Crippen LogP contribution in [0.25, 0.3) is 11.1 Å². The standard InChI is InChI=1S/C17H16O/c18-17-14(11-5-3-6-11)8-9-15-13-7-2-1-4-12(13)10-16(15)17/h1-2,4,7-9,11,18H,3,5-6,10H2. The van der Waals surface area contributed by atoms with Crippen LogP contribution in [0, 0.1) is 0 Å². The fourth-order valence-electron chi connectivity index (χ4n) is 3.26. The van der Waals surface area contributed by atoms with Gasteiger partial charge in [-0.1, -0.05) is 42.8 Å². The first-order valence-electron chi connectivity index (χ1n) is 6.77. The molecule has 90 valence electrons. The molecule has 1 fully saturated rings. The molecule has 1 N–H and O–H groups in total. The highest BCUT2D eigenvalue weighted by atomic mass is 16.3. The smallest absolute Gasteiger partial charge is 0.123 e. The van der Waals surface area contributed by atoms with E-state index in [-0.39, 0.29) is 0 Å². The molecule has 18 heavy (non-hydrogen) atoms. The number of rotatable bonds is 1. The molecule has 0 aliphatic heterocycles. The van der Waals surface area contributed by atoms with Crippen molar-refractivity contribution < 1.29 is 5.11 Å². The minimum atomic E-state index is 0.563. The molecule has 2 aliphatic rings. The zero-order valence-electron chi connectivity index (χ0n) is 10.3. The van der Waals surface area contributed by atoms with Gasteiger partial charge in [0.1, 0.15) is 5.75 Å². The lowest BCUT2D eigenvalue weighted by Crippen LogP contribution is -2.09.